The predicted octanol–water partition coefficient (Wildman–Crippen LogP) is 4.73. The molecular weight excluding hydrogens is 444 g/mol. The van der Waals surface area contributed by atoms with E-state index in [-0.39, 0.29) is 6.04 Å². The molecule has 2 aromatic carbocycles. The van der Waals surface area contributed by atoms with E-state index < -0.39 is 6.10 Å². The Morgan fingerprint density at radius 2 is 1.83 bits per heavy atom. The number of nitrogens with one attached hydrogen (secondary N) is 2. The van der Waals surface area contributed by atoms with Crippen LogP contribution in [0.3, 0.4) is 0 Å². The molecule has 3 N–H and O–H groups in total. The van der Waals surface area contributed by atoms with Crippen molar-refractivity contribution in [3.05, 3.63) is 72.3 Å². The topological polar surface area (TPSA) is 114 Å². The van der Waals surface area contributed by atoms with Crippen LogP contribution in [0.1, 0.15) is 18.2 Å². The Labute approximate surface area is 202 Å². The first-order valence-corrected chi connectivity index (χ1v) is 11.3. The number of anilines is 3. The van der Waals surface area contributed by atoms with Gasteiger partial charge in [0.15, 0.2) is 0 Å². The molecule has 9 heteroatoms. The second kappa shape index (κ2) is 9.55. The number of pyridine rings is 1. The van der Waals surface area contributed by atoms with Gasteiger partial charge in [-0.15, -0.1) is 0 Å². The maximum absolute atomic E-state index is 9.72. The van der Waals surface area contributed by atoms with Crippen LogP contribution in [-0.4, -0.2) is 44.8 Å². The molecule has 1 aliphatic heterocycles. The zero-order valence-electron chi connectivity index (χ0n) is 19.7. The van der Waals surface area contributed by atoms with Crippen LogP contribution in [0.2, 0.25) is 0 Å². The molecule has 9 nitrogen and oxygen atoms in total. The fraction of sp³-hybridized carbons (Fsp3) is 0.231. The molecule has 35 heavy (non-hydrogen) atoms. The first kappa shape index (κ1) is 22.5. The minimum absolute atomic E-state index is 0.268. The standard InChI is InChI=1S/C26H26N6O3/c1-15-10-18(6-9-24(15)35-20-7-4-16(2)27-12-20)30-25-21-11-19(5-8-22(21)28-14-29-25)31-26-32-23(13-34-26)17(3)33/h4-12,14,17,23,33H,13H2,1-3H3,(H,31,32)(H,28,29,30)/t17-,23?/m1/s1. The maximum Gasteiger partial charge on any atom is 0.289 e. The van der Waals surface area contributed by atoms with Crippen LogP contribution in [0.25, 0.3) is 10.9 Å². The number of ether oxygens (including phenoxy) is 2. The number of nitrogens with zero attached hydrogens (tertiary/aromatic N) is 4. The number of aromatic nitrogens is 3. The lowest BCUT2D eigenvalue weighted by atomic mass is 10.1. The van der Waals surface area contributed by atoms with Gasteiger partial charge in [0.2, 0.25) is 0 Å². The number of benzene rings is 2. The molecular formula is C26H26N6O3. The molecule has 0 saturated heterocycles. The minimum atomic E-state index is -0.566. The van der Waals surface area contributed by atoms with E-state index in [1.165, 1.54) is 6.33 Å². The highest BCUT2D eigenvalue weighted by Crippen LogP contribution is 2.30. The molecule has 5 rings (SSSR count). The predicted molar refractivity (Wildman–Crippen MR) is 136 cm³/mol. The third-order valence-corrected chi connectivity index (χ3v) is 5.67. The average molecular weight is 471 g/mol. The van der Waals surface area contributed by atoms with E-state index in [0.717, 1.165) is 39.3 Å². The van der Waals surface area contributed by atoms with E-state index in [2.05, 4.69) is 30.6 Å². The molecule has 2 aromatic heterocycles. The fourth-order valence-corrected chi connectivity index (χ4v) is 3.68. The zero-order chi connectivity index (χ0) is 24.4. The maximum atomic E-state index is 9.72. The molecule has 0 bridgehead atoms. The van der Waals surface area contributed by atoms with Crippen LogP contribution < -0.4 is 15.4 Å². The molecule has 1 unspecified atom stereocenters. The largest absolute Gasteiger partial charge is 0.463 e. The summed E-state index contributed by atoms with van der Waals surface area (Å²) in [7, 11) is 0. The van der Waals surface area contributed by atoms with Gasteiger partial charge in [0.25, 0.3) is 6.02 Å². The molecule has 1 aliphatic rings. The molecule has 0 aliphatic carbocycles. The normalized spacial score (nSPS) is 15.9. The second-order valence-electron chi connectivity index (χ2n) is 8.48. The average Bonchev–Trinajstić information content (AvgIpc) is 3.31. The number of rotatable bonds is 6. The quantitative estimate of drug-likeness (QED) is 0.371. The van der Waals surface area contributed by atoms with Crippen LogP contribution in [0.5, 0.6) is 11.5 Å². The van der Waals surface area contributed by atoms with Crippen molar-refractivity contribution in [2.24, 2.45) is 4.99 Å². The molecule has 2 atom stereocenters. The molecule has 0 fully saturated rings. The van der Waals surface area contributed by atoms with E-state index in [4.69, 9.17) is 9.47 Å². The van der Waals surface area contributed by atoms with Crippen molar-refractivity contribution in [2.45, 2.75) is 32.9 Å². The molecule has 0 amide bonds. The summed E-state index contributed by atoms with van der Waals surface area (Å²) in [5, 5.41) is 17.1. The molecule has 0 radical (unpaired) electrons. The summed E-state index contributed by atoms with van der Waals surface area (Å²) in [6.45, 7) is 5.98. The summed E-state index contributed by atoms with van der Waals surface area (Å²) >= 11 is 0. The summed E-state index contributed by atoms with van der Waals surface area (Å²) in [5.41, 5.74) is 4.37. The highest BCUT2D eigenvalue weighted by molar-refractivity contribution is 5.97. The number of amidine groups is 1. The number of hydrogen-bond donors (Lipinski definition) is 3. The first-order valence-electron chi connectivity index (χ1n) is 11.3. The van der Waals surface area contributed by atoms with E-state index in [9.17, 15) is 5.11 Å². The smallest absolute Gasteiger partial charge is 0.289 e. The lowest BCUT2D eigenvalue weighted by molar-refractivity contribution is 0.145. The van der Waals surface area contributed by atoms with E-state index in [1.807, 2.05) is 62.4 Å². The van der Waals surface area contributed by atoms with Crippen molar-refractivity contribution < 1.29 is 14.6 Å². The summed E-state index contributed by atoms with van der Waals surface area (Å²) < 4.78 is 11.5. The van der Waals surface area contributed by atoms with Gasteiger partial charge in [-0.1, -0.05) is 0 Å². The summed E-state index contributed by atoms with van der Waals surface area (Å²) in [5.74, 6) is 2.12. The second-order valence-corrected chi connectivity index (χ2v) is 8.48. The van der Waals surface area contributed by atoms with Crippen molar-refractivity contribution in [2.75, 3.05) is 17.2 Å². The lowest BCUT2D eigenvalue weighted by Gasteiger charge is -2.13. The van der Waals surface area contributed by atoms with E-state index in [0.29, 0.717) is 24.2 Å². The van der Waals surface area contributed by atoms with Crippen molar-refractivity contribution in [1.82, 2.24) is 15.0 Å². The lowest BCUT2D eigenvalue weighted by Crippen LogP contribution is -2.21. The Balaban J connectivity index is 1.36. The number of aliphatic hydroxyl groups excluding tert-OH is 1. The van der Waals surface area contributed by atoms with Crippen LogP contribution in [-0.2, 0) is 4.74 Å². The molecule has 4 aromatic rings. The van der Waals surface area contributed by atoms with Gasteiger partial charge in [0.1, 0.15) is 36.3 Å². The summed E-state index contributed by atoms with van der Waals surface area (Å²) in [6.07, 6.45) is 2.68. The third kappa shape index (κ3) is 5.15. The SMILES string of the molecule is Cc1ccc(Oc2ccc(Nc3ncnc4ccc(NC5=NC([C@@H](C)O)CO5)cc34)cc2C)cn1. The van der Waals surface area contributed by atoms with Gasteiger partial charge >= 0.3 is 0 Å². The molecule has 0 saturated carbocycles. The Bertz CT molecular complexity index is 1390. The van der Waals surface area contributed by atoms with E-state index >= 15 is 0 Å². The van der Waals surface area contributed by atoms with Crippen molar-refractivity contribution in [3.8, 4) is 11.5 Å². The van der Waals surface area contributed by atoms with Crippen LogP contribution in [0, 0.1) is 13.8 Å². The van der Waals surface area contributed by atoms with Crippen molar-refractivity contribution >= 4 is 34.1 Å². The van der Waals surface area contributed by atoms with Gasteiger partial charge in [-0.3, -0.25) is 4.98 Å². The van der Waals surface area contributed by atoms with Gasteiger partial charge in [0.05, 0.1) is 17.8 Å². The number of aryl methyl sites for hydroxylation is 2. The summed E-state index contributed by atoms with van der Waals surface area (Å²) in [4.78, 5) is 17.5. The highest BCUT2D eigenvalue weighted by Gasteiger charge is 2.23. The Hall–Kier alpha value is -4.24. The van der Waals surface area contributed by atoms with Crippen LogP contribution in [0.4, 0.5) is 17.2 Å². The van der Waals surface area contributed by atoms with Crippen LogP contribution >= 0.6 is 0 Å². The Morgan fingerprint density at radius 3 is 2.57 bits per heavy atom. The number of aliphatic hydroxyl groups is 1. The number of aliphatic imine (C=N–C) groups is 1. The highest BCUT2D eigenvalue weighted by atomic mass is 16.5. The Kier molecular flexibility index (Phi) is 6.15. The molecule has 3 heterocycles. The van der Waals surface area contributed by atoms with Crippen LogP contribution in [0.15, 0.2) is 66.0 Å². The van der Waals surface area contributed by atoms with Gasteiger partial charge < -0.3 is 25.2 Å². The van der Waals surface area contributed by atoms with Gasteiger partial charge in [-0.25, -0.2) is 15.0 Å². The number of hydrogen-bond acceptors (Lipinski definition) is 9. The zero-order valence-corrected chi connectivity index (χ0v) is 19.7. The Morgan fingerprint density at radius 1 is 1.00 bits per heavy atom. The van der Waals surface area contributed by atoms with E-state index in [1.54, 1.807) is 13.1 Å². The summed E-state index contributed by atoms with van der Waals surface area (Å²) in [6, 6.07) is 15.5. The van der Waals surface area contributed by atoms with Gasteiger partial charge in [-0.2, -0.15) is 0 Å². The molecule has 178 valence electrons. The number of fused-ring (bicyclic) bond motifs is 1. The third-order valence-electron chi connectivity index (χ3n) is 5.67. The van der Waals surface area contributed by atoms with Crippen molar-refractivity contribution in [1.29, 1.82) is 0 Å². The van der Waals surface area contributed by atoms with Crippen molar-refractivity contribution in [3.63, 3.8) is 0 Å². The fourth-order valence-electron chi connectivity index (χ4n) is 3.68. The molecule has 0 spiro atoms. The monoisotopic (exact) mass is 470 g/mol. The first-order chi connectivity index (χ1) is 16.9. The van der Waals surface area contributed by atoms with Gasteiger partial charge in [-0.05, 0) is 74.9 Å². The van der Waals surface area contributed by atoms with Gasteiger partial charge in [0, 0.05) is 22.5 Å². The minimum Gasteiger partial charge on any atom is -0.463 e.